The lowest BCUT2D eigenvalue weighted by Crippen LogP contribution is -2.62. The minimum absolute atomic E-state index is 0.0643. The van der Waals surface area contributed by atoms with E-state index in [9.17, 15) is 9.59 Å². The first-order valence-corrected chi connectivity index (χ1v) is 9.41. The van der Waals surface area contributed by atoms with Gasteiger partial charge in [-0.25, -0.2) is 9.97 Å². The van der Waals surface area contributed by atoms with E-state index in [1.165, 1.54) is 29.9 Å². The summed E-state index contributed by atoms with van der Waals surface area (Å²) in [5.41, 5.74) is 0.779. The average Bonchev–Trinajstić information content (AvgIpc) is 3.13. The fourth-order valence-corrected chi connectivity index (χ4v) is 4.08. The minimum Gasteiger partial charge on any atom is -0.374 e. The number of carbonyl (C=O) groups is 2. The van der Waals surface area contributed by atoms with Crippen molar-refractivity contribution in [2.75, 3.05) is 26.2 Å². The molecular weight excluding hydrogens is 354 g/mol. The molecule has 0 saturated carbocycles. The van der Waals surface area contributed by atoms with E-state index in [0.717, 1.165) is 5.01 Å². The monoisotopic (exact) mass is 373 g/mol. The van der Waals surface area contributed by atoms with Gasteiger partial charge in [0.05, 0.1) is 30.0 Å². The quantitative estimate of drug-likeness (QED) is 0.780. The lowest BCUT2D eigenvalue weighted by Gasteiger charge is -2.46. The fourth-order valence-electron chi connectivity index (χ4n) is 3.49. The Labute approximate surface area is 154 Å². The number of aryl methyl sites for hydroxylation is 1. The molecule has 2 aromatic rings. The average molecular weight is 373 g/mol. The molecular formula is C17H19N5O3S. The molecule has 4 heterocycles. The highest BCUT2D eigenvalue weighted by Gasteiger charge is 2.41. The molecule has 136 valence electrons. The Kier molecular flexibility index (Phi) is 4.64. The topological polar surface area (TPSA) is 88.5 Å². The van der Waals surface area contributed by atoms with Crippen molar-refractivity contribution in [1.82, 2.24) is 24.8 Å². The van der Waals surface area contributed by atoms with Crippen LogP contribution in [0.15, 0.2) is 24.0 Å². The zero-order valence-corrected chi connectivity index (χ0v) is 15.2. The van der Waals surface area contributed by atoms with Crippen molar-refractivity contribution in [3.63, 3.8) is 0 Å². The van der Waals surface area contributed by atoms with Gasteiger partial charge in [0.15, 0.2) is 0 Å². The summed E-state index contributed by atoms with van der Waals surface area (Å²) in [6.07, 6.45) is 5.15. The molecule has 2 aliphatic rings. The first-order valence-electron chi connectivity index (χ1n) is 8.53. The number of carbonyl (C=O) groups excluding carboxylic acids is 2. The Morgan fingerprint density at radius 3 is 2.85 bits per heavy atom. The predicted octanol–water partition coefficient (Wildman–Crippen LogP) is 0.997. The number of morpholine rings is 1. The maximum Gasteiger partial charge on any atom is 0.274 e. The largest absolute Gasteiger partial charge is 0.374 e. The highest BCUT2D eigenvalue weighted by atomic mass is 32.1. The highest BCUT2D eigenvalue weighted by molar-refractivity contribution is 7.09. The van der Waals surface area contributed by atoms with Crippen molar-refractivity contribution in [2.24, 2.45) is 0 Å². The van der Waals surface area contributed by atoms with E-state index in [1.54, 1.807) is 15.2 Å². The number of nitrogens with zero attached hydrogens (tertiary/aromatic N) is 5. The van der Waals surface area contributed by atoms with Crippen LogP contribution in [-0.2, 0) is 4.74 Å². The fraction of sp³-hybridized carbons (Fsp3) is 0.471. The zero-order chi connectivity index (χ0) is 18.1. The Bertz CT molecular complexity index is 812. The van der Waals surface area contributed by atoms with Crippen molar-refractivity contribution in [2.45, 2.75) is 25.5 Å². The second-order valence-electron chi connectivity index (χ2n) is 6.36. The van der Waals surface area contributed by atoms with Gasteiger partial charge in [0.25, 0.3) is 11.8 Å². The molecule has 0 bridgehead atoms. The highest BCUT2D eigenvalue weighted by Crippen LogP contribution is 2.25. The number of thiazole rings is 1. The first kappa shape index (κ1) is 17.0. The van der Waals surface area contributed by atoms with Gasteiger partial charge >= 0.3 is 0 Å². The van der Waals surface area contributed by atoms with Gasteiger partial charge in [-0.3, -0.25) is 14.6 Å². The zero-order valence-electron chi connectivity index (χ0n) is 14.4. The molecule has 8 nitrogen and oxygen atoms in total. The number of hydrogen-bond acceptors (Lipinski definition) is 7. The molecule has 0 spiro atoms. The lowest BCUT2D eigenvalue weighted by molar-refractivity contribution is -0.0856. The van der Waals surface area contributed by atoms with Crippen molar-refractivity contribution < 1.29 is 14.3 Å². The van der Waals surface area contributed by atoms with Crippen molar-refractivity contribution in [3.8, 4) is 0 Å². The smallest absolute Gasteiger partial charge is 0.274 e. The molecule has 0 aliphatic carbocycles. The number of aromatic nitrogens is 3. The van der Waals surface area contributed by atoms with Gasteiger partial charge in [0, 0.05) is 37.4 Å². The number of likely N-dealkylation sites (tertiary alicyclic amines) is 1. The molecule has 2 amide bonds. The Morgan fingerprint density at radius 1 is 1.23 bits per heavy atom. The third-order valence-corrected chi connectivity index (χ3v) is 5.53. The number of ether oxygens (including phenoxy) is 1. The Balaban J connectivity index is 1.53. The van der Waals surface area contributed by atoms with Crippen molar-refractivity contribution in [1.29, 1.82) is 0 Å². The first-order chi connectivity index (χ1) is 12.6. The molecule has 0 N–H and O–H groups in total. The van der Waals surface area contributed by atoms with Gasteiger partial charge in [-0.1, -0.05) is 0 Å². The van der Waals surface area contributed by atoms with Gasteiger partial charge < -0.3 is 14.5 Å². The maximum absolute atomic E-state index is 12.9. The van der Waals surface area contributed by atoms with Crippen LogP contribution in [0.4, 0.5) is 0 Å². The van der Waals surface area contributed by atoms with E-state index in [0.29, 0.717) is 44.0 Å². The van der Waals surface area contributed by atoms with Crippen LogP contribution in [0.3, 0.4) is 0 Å². The minimum atomic E-state index is -0.185. The SMILES string of the molecule is Cc1nc(C(=O)N2CC[C@@H]3OCCN(C(=O)c4cnccn4)[C@H]3C2)cs1. The summed E-state index contributed by atoms with van der Waals surface area (Å²) in [5, 5.41) is 2.65. The summed E-state index contributed by atoms with van der Waals surface area (Å²) in [6.45, 7) is 3.89. The number of rotatable bonds is 2. The third kappa shape index (κ3) is 3.19. The molecule has 0 aromatic carbocycles. The van der Waals surface area contributed by atoms with Gasteiger partial charge in [-0.05, 0) is 13.3 Å². The van der Waals surface area contributed by atoms with E-state index in [2.05, 4.69) is 15.0 Å². The van der Waals surface area contributed by atoms with Gasteiger partial charge in [-0.15, -0.1) is 11.3 Å². The molecule has 2 aliphatic heterocycles. The molecule has 4 rings (SSSR count). The van der Waals surface area contributed by atoms with Crippen LogP contribution < -0.4 is 0 Å². The summed E-state index contributed by atoms with van der Waals surface area (Å²) in [5.74, 6) is -0.263. The van der Waals surface area contributed by atoms with Crippen LogP contribution in [0.5, 0.6) is 0 Å². The normalized spacial score (nSPS) is 22.8. The van der Waals surface area contributed by atoms with Crippen LogP contribution in [-0.4, -0.2) is 75.0 Å². The molecule has 2 fully saturated rings. The Hall–Kier alpha value is -2.39. The van der Waals surface area contributed by atoms with Crippen molar-refractivity contribution in [3.05, 3.63) is 40.4 Å². The molecule has 2 atom stereocenters. The molecule has 9 heteroatoms. The van der Waals surface area contributed by atoms with Crippen LogP contribution in [0.25, 0.3) is 0 Å². The molecule has 2 aromatic heterocycles. The summed E-state index contributed by atoms with van der Waals surface area (Å²) in [7, 11) is 0. The van der Waals surface area contributed by atoms with E-state index in [4.69, 9.17) is 4.74 Å². The number of amides is 2. The van der Waals surface area contributed by atoms with E-state index < -0.39 is 0 Å². The summed E-state index contributed by atoms with van der Waals surface area (Å²) >= 11 is 1.46. The number of hydrogen-bond donors (Lipinski definition) is 0. The molecule has 0 unspecified atom stereocenters. The van der Waals surface area contributed by atoms with Crippen LogP contribution in [0, 0.1) is 6.92 Å². The van der Waals surface area contributed by atoms with Crippen LogP contribution in [0.1, 0.15) is 32.4 Å². The standard InChI is InChI=1S/C17H19N5O3S/c1-11-20-13(10-26-11)16(23)21-5-2-15-14(9-21)22(6-7-25-15)17(24)12-8-18-3-4-19-12/h3-4,8,10,14-15H,2,5-7,9H2,1H3/t14-,15-/m0/s1. The van der Waals surface area contributed by atoms with Crippen LogP contribution >= 0.6 is 11.3 Å². The summed E-state index contributed by atoms with van der Waals surface area (Å²) in [6, 6.07) is -0.185. The van der Waals surface area contributed by atoms with Gasteiger partial charge in [0.2, 0.25) is 0 Å². The molecule has 26 heavy (non-hydrogen) atoms. The third-order valence-electron chi connectivity index (χ3n) is 4.75. The Morgan fingerprint density at radius 2 is 2.12 bits per heavy atom. The molecule has 0 radical (unpaired) electrons. The van der Waals surface area contributed by atoms with E-state index in [1.807, 2.05) is 6.92 Å². The summed E-state index contributed by atoms with van der Waals surface area (Å²) in [4.78, 5) is 41.5. The van der Waals surface area contributed by atoms with Gasteiger partial charge in [0.1, 0.15) is 11.4 Å². The van der Waals surface area contributed by atoms with Crippen molar-refractivity contribution >= 4 is 23.2 Å². The number of fused-ring (bicyclic) bond motifs is 1. The van der Waals surface area contributed by atoms with E-state index >= 15 is 0 Å². The van der Waals surface area contributed by atoms with Gasteiger partial charge in [-0.2, -0.15) is 0 Å². The van der Waals surface area contributed by atoms with E-state index in [-0.39, 0.29) is 24.0 Å². The van der Waals surface area contributed by atoms with Crippen LogP contribution in [0.2, 0.25) is 0 Å². The predicted molar refractivity (Wildman–Crippen MR) is 94.0 cm³/mol. The second-order valence-corrected chi connectivity index (χ2v) is 7.42. The maximum atomic E-state index is 12.9. The molecule has 2 saturated heterocycles. The lowest BCUT2D eigenvalue weighted by atomic mass is 9.98. The number of piperidine rings is 1. The summed E-state index contributed by atoms with van der Waals surface area (Å²) < 4.78 is 5.85. The second kappa shape index (κ2) is 7.08.